The second-order valence-electron chi connectivity index (χ2n) is 5.08. The van der Waals surface area contributed by atoms with Gasteiger partial charge in [0.2, 0.25) is 0 Å². The van der Waals surface area contributed by atoms with Crippen LogP contribution in [0.3, 0.4) is 0 Å². The van der Waals surface area contributed by atoms with Crippen LogP contribution < -0.4 is 4.90 Å². The van der Waals surface area contributed by atoms with Gasteiger partial charge in [-0.2, -0.15) is 0 Å². The highest BCUT2D eigenvalue weighted by atomic mass is 16.6. The third-order valence-corrected chi connectivity index (χ3v) is 3.72. The molecular weight excluding hydrogens is 248 g/mol. The number of carboxylic acid groups (broad SMARTS) is 1. The standard InChI is InChI=1S/C13H16N2O4/c1-9-4-5-10(15(18)19)11(8-9)14-7-3-6-13(14,2)12(16)17/h4-5,8H,3,6-7H2,1-2H3,(H,16,17). The molecular formula is C13H16N2O4. The number of carboxylic acids is 1. The Labute approximate surface area is 110 Å². The molecule has 0 radical (unpaired) electrons. The van der Waals surface area contributed by atoms with E-state index in [0.29, 0.717) is 25.1 Å². The first-order valence-electron chi connectivity index (χ1n) is 6.12. The SMILES string of the molecule is Cc1ccc([N+](=O)[O-])c(N2CCCC2(C)C(=O)O)c1. The first kappa shape index (κ1) is 13.3. The minimum Gasteiger partial charge on any atom is -0.480 e. The Balaban J connectivity index is 2.55. The van der Waals surface area contributed by atoms with Crippen LogP contribution in [0.25, 0.3) is 0 Å². The number of rotatable bonds is 3. The van der Waals surface area contributed by atoms with E-state index in [1.807, 2.05) is 6.92 Å². The topological polar surface area (TPSA) is 83.7 Å². The molecule has 0 bridgehead atoms. The fourth-order valence-electron chi connectivity index (χ4n) is 2.58. The van der Waals surface area contributed by atoms with E-state index >= 15 is 0 Å². The predicted molar refractivity (Wildman–Crippen MR) is 70.5 cm³/mol. The van der Waals surface area contributed by atoms with Crippen molar-refractivity contribution in [1.82, 2.24) is 0 Å². The summed E-state index contributed by atoms with van der Waals surface area (Å²) in [6.07, 6.45) is 1.21. The summed E-state index contributed by atoms with van der Waals surface area (Å²) in [7, 11) is 0. The Morgan fingerprint density at radius 2 is 2.21 bits per heavy atom. The monoisotopic (exact) mass is 264 g/mol. The van der Waals surface area contributed by atoms with Gasteiger partial charge in [0.15, 0.2) is 0 Å². The molecule has 1 aliphatic heterocycles. The molecule has 1 unspecified atom stereocenters. The Kier molecular flexibility index (Phi) is 3.18. The van der Waals surface area contributed by atoms with E-state index in [1.165, 1.54) is 6.07 Å². The number of hydrogen-bond donors (Lipinski definition) is 1. The van der Waals surface area contributed by atoms with Gasteiger partial charge in [0.1, 0.15) is 11.2 Å². The van der Waals surface area contributed by atoms with Gasteiger partial charge in [0.25, 0.3) is 5.69 Å². The lowest BCUT2D eigenvalue weighted by molar-refractivity contribution is -0.384. The number of hydrogen-bond acceptors (Lipinski definition) is 4. The minimum absolute atomic E-state index is 0.0417. The predicted octanol–water partition coefficient (Wildman–Crippen LogP) is 2.35. The largest absolute Gasteiger partial charge is 0.480 e. The Hall–Kier alpha value is -2.11. The van der Waals surface area contributed by atoms with Crippen LogP contribution in [0.4, 0.5) is 11.4 Å². The van der Waals surface area contributed by atoms with E-state index in [1.54, 1.807) is 24.0 Å². The van der Waals surface area contributed by atoms with Crippen molar-refractivity contribution in [1.29, 1.82) is 0 Å². The second kappa shape index (κ2) is 4.53. The van der Waals surface area contributed by atoms with Crippen LogP contribution in [0.1, 0.15) is 25.3 Å². The van der Waals surface area contributed by atoms with Crippen LogP contribution >= 0.6 is 0 Å². The van der Waals surface area contributed by atoms with Gasteiger partial charge in [-0.1, -0.05) is 6.07 Å². The molecule has 0 amide bonds. The number of carbonyl (C=O) groups is 1. The van der Waals surface area contributed by atoms with Crippen molar-refractivity contribution < 1.29 is 14.8 Å². The number of aliphatic carboxylic acids is 1. The van der Waals surface area contributed by atoms with E-state index < -0.39 is 16.4 Å². The number of nitro groups is 1. The van der Waals surface area contributed by atoms with Crippen LogP contribution in [0.2, 0.25) is 0 Å². The summed E-state index contributed by atoms with van der Waals surface area (Å²) in [5.74, 6) is -0.944. The van der Waals surface area contributed by atoms with Crippen LogP contribution in [0.15, 0.2) is 18.2 Å². The van der Waals surface area contributed by atoms with Gasteiger partial charge in [-0.25, -0.2) is 4.79 Å². The molecule has 1 N–H and O–H groups in total. The molecule has 0 aromatic heterocycles. The lowest BCUT2D eigenvalue weighted by atomic mass is 9.98. The van der Waals surface area contributed by atoms with Gasteiger partial charge in [-0.15, -0.1) is 0 Å². The van der Waals surface area contributed by atoms with Crippen molar-refractivity contribution in [2.24, 2.45) is 0 Å². The summed E-state index contributed by atoms with van der Waals surface area (Å²) in [5.41, 5.74) is 0.158. The fraction of sp³-hybridized carbons (Fsp3) is 0.462. The van der Waals surface area contributed by atoms with Crippen molar-refractivity contribution in [3.05, 3.63) is 33.9 Å². The average Bonchev–Trinajstić information content (AvgIpc) is 2.72. The van der Waals surface area contributed by atoms with Crippen molar-refractivity contribution >= 4 is 17.3 Å². The number of nitrogens with zero attached hydrogens (tertiary/aromatic N) is 2. The molecule has 1 fully saturated rings. The van der Waals surface area contributed by atoms with Gasteiger partial charge in [0.05, 0.1) is 4.92 Å². The summed E-state index contributed by atoms with van der Waals surface area (Å²) in [6.45, 7) is 3.98. The molecule has 19 heavy (non-hydrogen) atoms. The molecule has 0 saturated carbocycles. The summed E-state index contributed by atoms with van der Waals surface area (Å²) in [6, 6.07) is 4.78. The van der Waals surface area contributed by atoms with Gasteiger partial charge in [-0.05, 0) is 38.3 Å². The summed E-state index contributed by atoms with van der Waals surface area (Å²) in [4.78, 5) is 23.7. The first-order valence-corrected chi connectivity index (χ1v) is 6.12. The van der Waals surface area contributed by atoms with Gasteiger partial charge in [0, 0.05) is 12.6 Å². The first-order chi connectivity index (χ1) is 8.86. The molecule has 1 aliphatic rings. The highest BCUT2D eigenvalue weighted by molar-refractivity contribution is 5.85. The molecule has 1 aromatic carbocycles. The molecule has 2 rings (SSSR count). The molecule has 0 spiro atoms. The molecule has 102 valence electrons. The lowest BCUT2D eigenvalue weighted by Gasteiger charge is -2.32. The third kappa shape index (κ3) is 2.14. The van der Waals surface area contributed by atoms with Gasteiger partial charge >= 0.3 is 5.97 Å². The number of anilines is 1. The van der Waals surface area contributed by atoms with E-state index in [4.69, 9.17) is 0 Å². The normalized spacial score (nSPS) is 22.5. The molecule has 6 nitrogen and oxygen atoms in total. The quantitative estimate of drug-likeness (QED) is 0.669. The number of nitro benzene ring substituents is 1. The zero-order chi connectivity index (χ0) is 14.2. The zero-order valence-electron chi connectivity index (χ0n) is 10.9. The third-order valence-electron chi connectivity index (χ3n) is 3.72. The molecule has 1 atom stereocenters. The van der Waals surface area contributed by atoms with E-state index in [0.717, 1.165) is 5.56 Å². The highest BCUT2D eigenvalue weighted by Gasteiger charge is 2.45. The maximum absolute atomic E-state index is 11.5. The number of benzene rings is 1. The summed E-state index contributed by atoms with van der Waals surface area (Å²) in [5, 5.41) is 20.5. The zero-order valence-corrected chi connectivity index (χ0v) is 10.9. The van der Waals surface area contributed by atoms with E-state index in [-0.39, 0.29) is 5.69 Å². The van der Waals surface area contributed by atoms with Crippen molar-refractivity contribution in [3.63, 3.8) is 0 Å². The van der Waals surface area contributed by atoms with Crippen LogP contribution in [0.5, 0.6) is 0 Å². The summed E-state index contributed by atoms with van der Waals surface area (Å²) < 4.78 is 0. The second-order valence-corrected chi connectivity index (χ2v) is 5.08. The van der Waals surface area contributed by atoms with E-state index in [9.17, 15) is 20.0 Å². The van der Waals surface area contributed by atoms with Crippen LogP contribution in [-0.2, 0) is 4.79 Å². The average molecular weight is 264 g/mol. The van der Waals surface area contributed by atoms with Crippen LogP contribution in [0, 0.1) is 17.0 Å². The van der Waals surface area contributed by atoms with Crippen molar-refractivity contribution in [2.45, 2.75) is 32.2 Å². The van der Waals surface area contributed by atoms with Gasteiger partial charge in [-0.3, -0.25) is 10.1 Å². The minimum atomic E-state index is -1.07. The van der Waals surface area contributed by atoms with E-state index in [2.05, 4.69) is 0 Å². The smallest absolute Gasteiger partial charge is 0.329 e. The molecule has 1 heterocycles. The lowest BCUT2D eigenvalue weighted by Crippen LogP contribution is -2.48. The maximum Gasteiger partial charge on any atom is 0.329 e. The Bertz CT molecular complexity index is 543. The van der Waals surface area contributed by atoms with Gasteiger partial charge < -0.3 is 10.0 Å². The molecule has 0 aliphatic carbocycles. The van der Waals surface area contributed by atoms with Crippen LogP contribution in [-0.4, -0.2) is 28.1 Å². The highest BCUT2D eigenvalue weighted by Crippen LogP contribution is 2.39. The Morgan fingerprint density at radius 1 is 1.53 bits per heavy atom. The Morgan fingerprint density at radius 3 is 2.79 bits per heavy atom. The van der Waals surface area contributed by atoms with Crippen molar-refractivity contribution in [2.75, 3.05) is 11.4 Å². The van der Waals surface area contributed by atoms with Crippen molar-refractivity contribution in [3.8, 4) is 0 Å². The fourth-order valence-corrected chi connectivity index (χ4v) is 2.58. The molecule has 6 heteroatoms. The number of aryl methyl sites for hydroxylation is 1. The summed E-state index contributed by atoms with van der Waals surface area (Å²) >= 11 is 0. The maximum atomic E-state index is 11.5. The molecule has 1 saturated heterocycles. The molecule has 1 aromatic rings.